The minimum Gasteiger partial charge on any atom is -0.464 e. The Balaban J connectivity index is 1.89. The number of nitrogens with one attached hydrogen (secondary N) is 1. The lowest BCUT2D eigenvalue weighted by molar-refractivity contribution is 0.0594. The van der Waals surface area contributed by atoms with Crippen LogP contribution in [0.5, 0.6) is 0 Å². The zero-order valence-corrected chi connectivity index (χ0v) is 12.8. The van der Waals surface area contributed by atoms with Crippen LogP contribution < -0.4 is 5.32 Å². The monoisotopic (exact) mass is 318 g/mol. The Morgan fingerprint density at radius 1 is 1.36 bits per heavy atom. The first kappa shape index (κ1) is 14.7. The molecule has 2 heterocycles. The summed E-state index contributed by atoms with van der Waals surface area (Å²) in [5.74, 6) is 0.585. The van der Waals surface area contributed by atoms with Gasteiger partial charge in [0.2, 0.25) is 0 Å². The van der Waals surface area contributed by atoms with Gasteiger partial charge in [0, 0.05) is 17.7 Å². The Morgan fingerprint density at radius 2 is 2.18 bits per heavy atom. The second kappa shape index (κ2) is 6.27. The molecular weight excluding hydrogens is 304 g/mol. The molecule has 2 aromatic rings. The summed E-state index contributed by atoms with van der Waals surface area (Å²) in [7, 11) is 1.29. The van der Waals surface area contributed by atoms with E-state index in [-0.39, 0.29) is 10.8 Å². The summed E-state index contributed by atoms with van der Waals surface area (Å²) in [5, 5.41) is 10.7. The molecule has 2 aromatic heterocycles. The average Bonchev–Trinajstić information content (AvgIpc) is 2.45. The van der Waals surface area contributed by atoms with Crippen molar-refractivity contribution in [1.82, 2.24) is 15.2 Å². The number of carbonyl (C=O) groups excluding carboxylic acids is 1. The highest BCUT2D eigenvalue weighted by Gasteiger charge is 2.21. The van der Waals surface area contributed by atoms with Gasteiger partial charge in [-0.2, -0.15) is 0 Å². The molecule has 1 aliphatic rings. The van der Waals surface area contributed by atoms with E-state index >= 15 is 0 Å². The van der Waals surface area contributed by atoms with Gasteiger partial charge in [-0.3, -0.25) is 0 Å². The van der Waals surface area contributed by atoms with Crippen molar-refractivity contribution in [3.8, 4) is 0 Å². The number of halogens is 1. The van der Waals surface area contributed by atoms with Crippen molar-refractivity contribution in [3.63, 3.8) is 0 Å². The summed E-state index contributed by atoms with van der Waals surface area (Å²) < 4.78 is 4.70. The molecule has 0 bridgehead atoms. The van der Waals surface area contributed by atoms with E-state index in [4.69, 9.17) is 16.3 Å². The van der Waals surface area contributed by atoms with Crippen LogP contribution in [0.4, 0.5) is 11.5 Å². The third-order valence-electron chi connectivity index (χ3n) is 3.70. The molecule has 0 radical (unpaired) electrons. The van der Waals surface area contributed by atoms with Crippen molar-refractivity contribution in [2.45, 2.75) is 25.2 Å². The van der Waals surface area contributed by atoms with Gasteiger partial charge in [-0.25, -0.2) is 9.78 Å². The number of aromatic nitrogens is 3. The maximum Gasteiger partial charge on any atom is 0.360 e. The number of nitrogens with zero attached hydrogens (tertiary/aromatic N) is 3. The summed E-state index contributed by atoms with van der Waals surface area (Å²) in [6, 6.07) is 7.32. The molecule has 1 aliphatic carbocycles. The summed E-state index contributed by atoms with van der Waals surface area (Å²) in [6.07, 6.45) is 3.60. The molecule has 1 fully saturated rings. The molecular formula is C15H15ClN4O2. The van der Waals surface area contributed by atoms with Gasteiger partial charge in [0.1, 0.15) is 5.82 Å². The van der Waals surface area contributed by atoms with Crippen LogP contribution in [0.3, 0.4) is 0 Å². The fourth-order valence-electron chi connectivity index (χ4n) is 2.30. The number of carbonyl (C=O) groups is 1. The van der Waals surface area contributed by atoms with E-state index in [1.165, 1.54) is 32.4 Å². The van der Waals surface area contributed by atoms with Crippen LogP contribution >= 0.6 is 11.6 Å². The minimum absolute atomic E-state index is 0.0720. The topological polar surface area (TPSA) is 77.0 Å². The SMILES string of the molecule is COC(=O)c1nnc(Cl)cc1Nc1cccc(C2CCC2)n1. The summed E-state index contributed by atoms with van der Waals surface area (Å²) >= 11 is 5.86. The maximum absolute atomic E-state index is 11.7. The second-order valence-corrected chi connectivity index (χ2v) is 5.51. The highest BCUT2D eigenvalue weighted by molar-refractivity contribution is 6.29. The number of esters is 1. The van der Waals surface area contributed by atoms with E-state index < -0.39 is 5.97 Å². The Labute approximate surface area is 132 Å². The third-order valence-corrected chi connectivity index (χ3v) is 3.88. The zero-order chi connectivity index (χ0) is 15.5. The van der Waals surface area contributed by atoms with Crippen molar-refractivity contribution in [2.24, 2.45) is 0 Å². The number of hydrogen-bond acceptors (Lipinski definition) is 6. The molecule has 7 heteroatoms. The zero-order valence-electron chi connectivity index (χ0n) is 12.0. The lowest BCUT2D eigenvalue weighted by atomic mass is 9.83. The number of pyridine rings is 1. The summed E-state index contributed by atoms with van der Waals surface area (Å²) in [4.78, 5) is 16.3. The number of hydrogen-bond donors (Lipinski definition) is 1. The van der Waals surface area contributed by atoms with Gasteiger partial charge in [-0.15, -0.1) is 10.2 Å². The molecule has 0 saturated heterocycles. The molecule has 6 nitrogen and oxygen atoms in total. The van der Waals surface area contributed by atoms with E-state index in [0.717, 1.165) is 5.69 Å². The van der Waals surface area contributed by atoms with Crippen molar-refractivity contribution in [2.75, 3.05) is 12.4 Å². The molecule has 0 atom stereocenters. The van der Waals surface area contributed by atoms with Crippen molar-refractivity contribution >= 4 is 29.1 Å². The first-order chi connectivity index (χ1) is 10.7. The van der Waals surface area contributed by atoms with Gasteiger partial charge in [-0.05, 0) is 25.0 Å². The number of rotatable bonds is 4. The Morgan fingerprint density at radius 3 is 2.86 bits per heavy atom. The molecule has 0 unspecified atom stereocenters. The molecule has 114 valence electrons. The molecule has 3 rings (SSSR count). The lowest BCUT2D eigenvalue weighted by Crippen LogP contribution is -2.12. The molecule has 0 aliphatic heterocycles. The van der Waals surface area contributed by atoms with E-state index in [1.54, 1.807) is 0 Å². The van der Waals surface area contributed by atoms with Crippen LogP contribution in [0, 0.1) is 0 Å². The van der Waals surface area contributed by atoms with Crippen LogP contribution in [0.15, 0.2) is 24.3 Å². The predicted octanol–water partition coefficient (Wildman–Crippen LogP) is 3.32. The van der Waals surface area contributed by atoms with E-state index in [9.17, 15) is 4.79 Å². The van der Waals surface area contributed by atoms with Gasteiger partial charge in [0.05, 0.1) is 12.8 Å². The molecule has 1 N–H and O–H groups in total. The van der Waals surface area contributed by atoms with Crippen LogP contribution in [-0.4, -0.2) is 28.3 Å². The smallest absolute Gasteiger partial charge is 0.360 e. The van der Waals surface area contributed by atoms with Gasteiger partial charge in [0.15, 0.2) is 10.8 Å². The Bertz CT molecular complexity index is 704. The van der Waals surface area contributed by atoms with Gasteiger partial charge >= 0.3 is 5.97 Å². The standard InChI is InChI=1S/C15H15ClN4O2/c1-22-15(21)14-11(8-12(16)19-20-14)18-13-7-3-6-10(17-13)9-4-2-5-9/h3,6-9H,2,4-5H2,1H3,(H,17,18,19). The lowest BCUT2D eigenvalue weighted by Gasteiger charge is -2.25. The summed E-state index contributed by atoms with van der Waals surface area (Å²) in [6.45, 7) is 0. The molecule has 22 heavy (non-hydrogen) atoms. The Hall–Kier alpha value is -2.21. The van der Waals surface area contributed by atoms with Crippen LogP contribution in [0.1, 0.15) is 41.4 Å². The van der Waals surface area contributed by atoms with Gasteiger partial charge in [0.25, 0.3) is 0 Å². The van der Waals surface area contributed by atoms with Gasteiger partial charge < -0.3 is 10.1 Å². The predicted molar refractivity (Wildman–Crippen MR) is 82.5 cm³/mol. The number of anilines is 2. The number of methoxy groups -OCH3 is 1. The minimum atomic E-state index is -0.582. The van der Waals surface area contributed by atoms with Crippen molar-refractivity contribution in [1.29, 1.82) is 0 Å². The highest BCUT2D eigenvalue weighted by atomic mass is 35.5. The van der Waals surface area contributed by atoms with E-state index in [0.29, 0.717) is 17.4 Å². The van der Waals surface area contributed by atoms with Gasteiger partial charge in [-0.1, -0.05) is 24.1 Å². The van der Waals surface area contributed by atoms with E-state index in [2.05, 4.69) is 20.5 Å². The molecule has 0 spiro atoms. The first-order valence-electron chi connectivity index (χ1n) is 7.03. The highest BCUT2D eigenvalue weighted by Crippen LogP contribution is 2.35. The fraction of sp³-hybridized carbons (Fsp3) is 0.333. The van der Waals surface area contributed by atoms with Crippen molar-refractivity contribution in [3.05, 3.63) is 40.8 Å². The molecule has 0 amide bonds. The normalized spacial score (nSPS) is 14.3. The van der Waals surface area contributed by atoms with Crippen LogP contribution in [0.25, 0.3) is 0 Å². The average molecular weight is 319 g/mol. The third kappa shape index (κ3) is 3.01. The van der Waals surface area contributed by atoms with Crippen LogP contribution in [0.2, 0.25) is 5.15 Å². The quantitative estimate of drug-likeness (QED) is 0.871. The van der Waals surface area contributed by atoms with Crippen molar-refractivity contribution < 1.29 is 9.53 Å². The second-order valence-electron chi connectivity index (χ2n) is 5.12. The maximum atomic E-state index is 11.7. The first-order valence-corrected chi connectivity index (χ1v) is 7.40. The van der Waals surface area contributed by atoms with Crippen LogP contribution in [-0.2, 0) is 4.74 Å². The Kier molecular flexibility index (Phi) is 4.20. The number of ether oxygens (including phenoxy) is 1. The largest absolute Gasteiger partial charge is 0.464 e. The summed E-state index contributed by atoms with van der Waals surface area (Å²) in [5.41, 5.74) is 1.55. The fourth-order valence-corrected chi connectivity index (χ4v) is 2.45. The van der Waals surface area contributed by atoms with E-state index in [1.807, 2.05) is 18.2 Å². The molecule has 1 saturated carbocycles. The molecule has 0 aromatic carbocycles.